The molecule has 0 radical (unpaired) electrons. The maximum absolute atomic E-state index is 12.0. The number of carbonyl (C=O) groups is 2. The molecule has 1 aliphatic heterocycles. The highest BCUT2D eigenvalue weighted by Crippen LogP contribution is 2.19. The Morgan fingerprint density at radius 3 is 2.05 bits per heavy atom. The summed E-state index contributed by atoms with van der Waals surface area (Å²) in [5.74, 6) is 0.101. The van der Waals surface area contributed by atoms with Crippen LogP contribution in [-0.4, -0.2) is 65.9 Å². The van der Waals surface area contributed by atoms with Crippen molar-refractivity contribution in [1.82, 2.24) is 15.1 Å². The Bertz CT molecular complexity index is 356. The van der Waals surface area contributed by atoms with E-state index < -0.39 is 6.04 Å². The van der Waals surface area contributed by atoms with E-state index in [1.54, 1.807) is 11.8 Å². The van der Waals surface area contributed by atoms with Gasteiger partial charge >= 0.3 is 0 Å². The first-order chi connectivity index (χ1) is 8.99. The third kappa shape index (κ3) is 5.62. The van der Waals surface area contributed by atoms with Crippen LogP contribution < -0.4 is 11.1 Å². The van der Waals surface area contributed by atoms with Gasteiger partial charge in [-0.3, -0.25) is 14.5 Å². The van der Waals surface area contributed by atoms with Gasteiger partial charge in [-0.25, -0.2) is 0 Å². The van der Waals surface area contributed by atoms with E-state index in [-0.39, 0.29) is 42.7 Å². The summed E-state index contributed by atoms with van der Waals surface area (Å²) in [6, 6.07) is -0.161. The molecule has 2 fully saturated rings. The normalized spacial score (nSPS) is 21.6. The average molecular weight is 341 g/mol. The van der Waals surface area contributed by atoms with Crippen molar-refractivity contribution in [1.29, 1.82) is 0 Å². The second kappa shape index (κ2) is 8.78. The van der Waals surface area contributed by atoms with E-state index >= 15 is 0 Å². The lowest BCUT2D eigenvalue weighted by atomic mass is 10.2. The van der Waals surface area contributed by atoms with Crippen molar-refractivity contribution in [3.05, 3.63) is 0 Å². The monoisotopic (exact) mass is 340 g/mol. The van der Waals surface area contributed by atoms with Gasteiger partial charge in [0.1, 0.15) is 0 Å². The minimum absolute atomic E-state index is 0. The maximum atomic E-state index is 12.0. The SMILES string of the molecule is CC(N)C(=O)N1CCN(C(C)C(=O)NC2CC2)CC1.Cl.Cl. The van der Waals surface area contributed by atoms with Gasteiger partial charge in [-0.15, -0.1) is 24.8 Å². The van der Waals surface area contributed by atoms with Gasteiger partial charge in [0.2, 0.25) is 11.8 Å². The molecule has 0 spiro atoms. The van der Waals surface area contributed by atoms with Crippen molar-refractivity contribution in [2.45, 2.75) is 44.8 Å². The minimum atomic E-state index is -0.442. The number of hydrogen-bond acceptors (Lipinski definition) is 4. The number of amides is 2. The number of nitrogens with zero attached hydrogens (tertiary/aromatic N) is 2. The summed E-state index contributed by atoms with van der Waals surface area (Å²) in [6.45, 7) is 6.42. The molecule has 6 nitrogen and oxygen atoms in total. The molecule has 2 amide bonds. The average Bonchev–Trinajstić information content (AvgIpc) is 3.21. The quantitative estimate of drug-likeness (QED) is 0.754. The maximum Gasteiger partial charge on any atom is 0.239 e. The zero-order chi connectivity index (χ0) is 14.0. The summed E-state index contributed by atoms with van der Waals surface area (Å²) in [7, 11) is 0. The lowest BCUT2D eigenvalue weighted by molar-refractivity contribution is -0.135. The Hall–Kier alpha value is -0.560. The summed E-state index contributed by atoms with van der Waals surface area (Å²) in [6.07, 6.45) is 2.21. The fourth-order valence-electron chi connectivity index (χ4n) is 2.33. The highest BCUT2D eigenvalue weighted by molar-refractivity contribution is 5.85. The number of nitrogens with one attached hydrogen (secondary N) is 1. The van der Waals surface area contributed by atoms with Crippen molar-refractivity contribution in [3.63, 3.8) is 0 Å². The first kappa shape index (κ1) is 20.4. The predicted octanol–water partition coefficient (Wildman–Crippen LogP) is -0.0115. The van der Waals surface area contributed by atoms with E-state index in [2.05, 4.69) is 10.2 Å². The summed E-state index contributed by atoms with van der Waals surface area (Å²) in [4.78, 5) is 27.6. The van der Waals surface area contributed by atoms with Gasteiger partial charge in [0.15, 0.2) is 0 Å². The predicted molar refractivity (Wildman–Crippen MR) is 86.9 cm³/mol. The van der Waals surface area contributed by atoms with Crippen LogP contribution in [0.3, 0.4) is 0 Å². The number of piperazine rings is 1. The number of nitrogens with two attached hydrogens (primary N) is 1. The van der Waals surface area contributed by atoms with E-state index in [9.17, 15) is 9.59 Å². The van der Waals surface area contributed by atoms with Crippen LogP contribution in [0.15, 0.2) is 0 Å². The number of rotatable bonds is 4. The van der Waals surface area contributed by atoms with Gasteiger partial charge in [0.25, 0.3) is 0 Å². The molecular formula is C13H26Cl2N4O2. The molecule has 0 bridgehead atoms. The lowest BCUT2D eigenvalue weighted by Gasteiger charge is -2.38. The zero-order valence-electron chi connectivity index (χ0n) is 12.6. The van der Waals surface area contributed by atoms with Crippen LogP contribution in [0.4, 0.5) is 0 Å². The molecule has 1 heterocycles. The molecule has 1 saturated carbocycles. The minimum Gasteiger partial charge on any atom is -0.352 e. The topological polar surface area (TPSA) is 78.7 Å². The summed E-state index contributed by atoms with van der Waals surface area (Å²) < 4.78 is 0. The second-order valence-electron chi connectivity index (χ2n) is 5.61. The fraction of sp³-hybridized carbons (Fsp3) is 0.846. The smallest absolute Gasteiger partial charge is 0.239 e. The van der Waals surface area contributed by atoms with Crippen LogP contribution in [0, 0.1) is 0 Å². The van der Waals surface area contributed by atoms with Crippen molar-refractivity contribution < 1.29 is 9.59 Å². The molecule has 21 heavy (non-hydrogen) atoms. The lowest BCUT2D eigenvalue weighted by Crippen LogP contribution is -2.57. The Labute approximate surface area is 138 Å². The van der Waals surface area contributed by atoms with Gasteiger partial charge < -0.3 is 16.0 Å². The van der Waals surface area contributed by atoms with E-state index in [1.807, 2.05) is 6.92 Å². The Balaban J connectivity index is 0.00000200. The molecule has 2 aliphatic rings. The van der Waals surface area contributed by atoms with Crippen LogP contribution in [0.1, 0.15) is 26.7 Å². The number of hydrogen-bond donors (Lipinski definition) is 2. The van der Waals surface area contributed by atoms with Gasteiger partial charge in [0.05, 0.1) is 12.1 Å². The third-order valence-electron chi connectivity index (χ3n) is 3.87. The van der Waals surface area contributed by atoms with Crippen molar-refractivity contribution in [2.75, 3.05) is 26.2 Å². The van der Waals surface area contributed by atoms with Crippen LogP contribution >= 0.6 is 24.8 Å². The summed E-state index contributed by atoms with van der Waals surface area (Å²) in [5, 5.41) is 3.02. The van der Waals surface area contributed by atoms with Crippen LogP contribution in [0.2, 0.25) is 0 Å². The Morgan fingerprint density at radius 1 is 1.10 bits per heavy atom. The van der Waals surface area contributed by atoms with Crippen LogP contribution in [0.5, 0.6) is 0 Å². The van der Waals surface area contributed by atoms with E-state index in [0.29, 0.717) is 19.1 Å². The molecule has 8 heteroatoms. The molecule has 2 rings (SSSR count). The fourth-order valence-corrected chi connectivity index (χ4v) is 2.33. The summed E-state index contributed by atoms with van der Waals surface area (Å²) >= 11 is 0. The second-order valence-corrected chi connectivity index (χ2v) is 5.61. The van der Waals surface area contributed by atoms with E-state index in [0.717, 1.165) is 25.9 Å². The van der Waals surface area contributed by atoms with Crippen molar-refractivity contribution in [3.8, 4) is 0 Å². The number of halogens is 2. The van der Waals surface area contributed by atoms with Gasteiger partial charge in [0, 0.05) is 32.2 Å². The largest absolute Gasteiger partial charge is 0.352 e. The highest BCUT2D eigenvalue weighted by atomic mass is 35.5. The molecule has 0 aromatic rings. The molecule has 0 aromatic carbocycles. The molecule has 3 N–H and O–H groups in total. The van der Waals surface area contributed by atoms with Gasteiger partial charge in [-0.05, 0) is 26.7 Å². The van der Waals surface area contributed by atoms with Crippen molar-refractivity contribution >= 4 is 36.6 Å². The third-order valence-corrected chi connectivity index (χ3v) is 3.87. The number of carbonyl (C=O) groups excluding carboxylic acids is 2. The molecular weight excluding hydrogens is 315 g/mol. The Morgan fingerprint density at radius 2 is 1.62 bits per heavy atom. The molecule has 1 saturated heterocycles. The van der Waals surface area contributed by atoms with Crippen LogP contribution in [0.25, 0.3) is 0 Å². The zero-order valence-corrected chi connectivity index (χ0v) is 14.2. The van der Waals surface area contributed by atoms with Crippen molar-refractivity contribution in [2.24, 2.45) is 5.73 Å². The van der Waals surface area contributed by atoms with Gasteiger partial charge in [-0.2, -0.15) is 0 Å². The molecule has 1 aliphatic carbocycles. The first-order valence-corrected chi connectivity index (χ1v) is 7.08. The van der Waals surface area contributed by atoms with Crippen LogP contribution in [-0.2, 0) is 9.59 Å². The van der Waals surface area contributed by atoms with E-state index in [1.165, 1.54) is 0 Å². The Kier molecular flexibility index (Phi) is 8.54. The first-order valence-electron chi connectivity index (χ1n) is 7.08. The van der Waals surface area contributed by atoms with Gasteiger partial charge in [-0.1, -0.05) is 0 Å². The standard InChI is InChI=1S/C13H24N4O2.2ClH/c1-9(14)13(19)17-7-5-16(6-8-17)10(2)12(18)15-11-3-4-11;;/h9-11H,3-8,14H2,1-2H3,(H,15,18);2*1H. The molecule has 0 aromatic heterocycles. The van der Waals surface area contributed by atoms with E-state index in [4.69, 9.17) is 5.73 Å². The molecule has 124 valence electrons. The molecule has 2 atom stereocenters. The summed E-state index contributed by atoms with van der Waals surface area (Å²) in [5.41, 5.74) is 5.60. The highest BCUT2D eigenvalue weighted by Gasteiger charge is 2.31. The molecule has 2 unspecified atom stereocenters.